The van der Waals surface area contributed by atoms with E-state index in [0.717, 1.165) is 36.5 Å². The second-order valence-electron chi connectivity index (χ2n) is 5.72. The van der Waals surface area contributed by atoms with Gasteiger partial charge in [0.15, 0.2) is 0 Å². The summed E-state index contributed by atoms with van der Waals surface area (Å²) >= 11 is 0. The molecule has 1 heterocycles. The van der Waals surface area contributed by atoms with Gasteiger partial charge in [0.1, 0.15) is 0 Å². The molecule has 1 aliphatic heterocycles. The van der Waals surface area contributed by atoms with E-state index < -0.39 is 10.0 Å². The molecule has 0 radical (unpaired) electrons. The number of likely N-dealkylation sites (N-methyl/N-ethyl adjacent to an activating group) is 1. The van der Waals surface area contributed by atoms with Gasteiger partial charge in [0.25, 0.3) is 0 Å². The molecule has 1 aliphatic rings. The second-order valence-corrected chi connectivity index (χ2v) is 7.76. The Bertz CT molecular complexity index is 601. The first-order valence-corrected chi connectivity index (χ1v) is 9.21. The van der Waals surface area contributed by atoms with Crippen molar-refractivity contribution in [3.63, 3.8) is 0 Å². The van der Waals surface area contributed by atoms with Crippen LogP contribution in [0.15, 0.2) is 35.2 Å². The smallest absolute Gasteiger partial charge is 0.243 e. The summed E-state index contributed by atoms with van der Waals surface area (Å²) in [5, 5.41) is 0. The Kier molecular flexibility index (Phi) is 5.58. The third-order valence-electron chi connectivity index (χ3n) is 4.23. The second kappa shape index (κ2) is 7.24. The number of sulfonamides is 1. The Morgan fingerprint density at radius 3 is 2.59 bits per heavy atom. The van der Waals surface area contributed by atoms with E-state index in [4.69, 9.17) is 0 Å². The number of likely N-dealkylation sites (tertiary alicyclic amines) is 1. The number of rotatable bonds is 5. The lowest BCUT2D eigenvalue weighted by Gasteiger charge is -2.36. The molecule has 1 fully saturated rings. The van der Waals surface area contributed by atoms with Crippen molar-refractivity contribution < 1.29 is 13.2 Å². The summed E-state index contributed by atoms with van der Waals surface area (Å²) < 4.78 is 26.1. The van der Waals surface area contributed by atoms with Gasteiger partial charge in [-0.25, -0.2) is 8.42 Å². The van der Waals surface area contributed by atoms with Gasteiger partial charge in [-0.1, -0.05) is 25.1 Å². The number of carbonyl (C=O) groups excluding carboxylic acids is 1. The van der Waals surface area contributed by atoms with Gasteiger partial charge in [0.05, 0.1) is 11.4 Å². The average Bonchev–Trinajstić information content (AvgIpc) is 2.55. The largest absolute Gasteiger partial charge is 0.339 e. The van der Waals surface area contributed by atoms with Crippen molar-refractivity contribution in [1.29, 1.82) is 0 Å². The summed E-state index contributed by atoms with van der Waals surface area (Å²) in [5.41, 5.74) is 0. The van der Waals surface area contributed by atoms with Crippen molar-refractivity contribution in [2.75, 3.05) is 20.1 Å². The van der Waals surface area contributed by atoms with Crippen LogP contribution >= 0.6 is 0 Å². The Hall–Kier alpha value is -1.40. The monoisotopic (exact) mass is 324 g/mol. The molecule has 1 aromatic rings. The first kappa shape index (κ1) is 17.0. The number of nitrogens with zero attached hydrogens (tertiary/aromatic N) is 2. The predicted octanol–water partition coefficient (Wildman–Crippen LogP) is 2.10. The van der Waals surface area contributed by atoms with Crippen molar-refractivity contribution in [1.82, 2.24) is 9.21 Å². The van der Waals surface area contributed by atoms with Crippen LogP contribution in [0, 0.1) is 0 Å². The van der Waals surface area contributed by atoms with Gasteiger partial charge in [-0.05, 0) is 37.8 Å². The van der Waals surface area contributed by atoms with Gasteiger partial charge in [-0.2, -0.15) is 4.31 Å². The number of hydrogen-bond donors (Lipinski definition) is 0. The zero-order chi connectivity index (χ0) is 16.2. The molecule has 6 heteroatoms. The minimum atomic E-state index is -3.61. The molecule has 0 bridgehead atoms. The van der Waals surface area contributed by atoms with E-state index in [1.54, 1.807) is 30.3 Å². The van der Waals surface area contributed by atoms with Crippen LogP contribution in [0.2, 0.25) is 0 Å². The van der Waals surface area contributed by atoms with E-state index in [1.165, 1.54) is 7.05 Å². The molecule has 1 amide bonds. The highest BCUT2D eigenvalue weighted by molar-refractivity contribution is 7.89. The van der Waals surface area contributed by atoms with E-state index in [-0.39, 0.29) is 23.4 Å². The van der Waals surface area contributed by atoms with Crippen molar-refractivity contribution in [3.05, 3.63) is 30.3 Å². The fourth-order valence-electron chi connectivity index (χ4n) is 2.89. The predicted molar refractivity (Wildman–Crippen MR) is 85.9 cm³/mol. The molecule has 0 N–H and O–H groups in total. The maximum Gasteiger partial charge on any atom is 0.243 e. The molecule has 22 heavy (non-hydrogen) atoms. The zero-order valence-corrected chi connectivity index (χ0v) is 14.1. The Morgan fingerprint density at radius 2 is 1.95 bits per heavy atom. The summed E-state index contributed by atoms with van der Waals surface area (Å²) in [6.07, 6.45) is 4.07. The van der Waals surface area contributed by atoms with Gasteiger partial charge < -0.3 is 4.90 Å². The number of carbonyl (C=O) groups is 1. The molecule has 0 saturated carbocycles. The highest BCUT2D eigenvalue weighted by atomic mass is 32.2. The van der Waals surface area contributed by atoms with Crippen LogP contribution in [0.3, 0.4) is 0 Å². The van der Waals surface area contributed by atoms with Crippen LogP contribution in [0.1, 0.15) is 32.6 Å². The molecule has 0 spiro atoms. The molecule has 1 saturated heterocycles. The van der Waals surface area contributed by atoms with Crippen LogP contribution < -0.4 is 0 Å². The molecule has 2 rings (SSSR count). The molecule has 5 nitrogen and oxygen atoms in total. The average molecular weight is 324 g/mol. The lowest BCUT2D eigenvalue weighted by Crippen LogP contribution is -2.48. The van der Waals surface area contributed by atoms with Crippen LogP contribution in [0.25, 0.3) is 0 Å². The highest BCUT2D eigenvalue weighted by Gasteiger charge is 2.29. The third kappa shape index (κ3) is 3.67. The number of benzene rings is 1. The van der Waals surface area contributed by atoms with Crippen molar-refractivity contribution >= 4 is 15.9 Å². The molecule has 0 aromatic heterocycles. The number of amides is 1. The molecule has 0 aliphatic carbocycles. The van der Waals surface area contributed by atoms with E-state index in [0.29, 0.717) is 0 Å². The molecular weight excluding hydrogens is 300 g/mol. The van der Waals surface area contributed by atoms with Crippen LogP contribution in [0.5, 0.6) is 0 Å². The topological polar surface area (TPSA) is 57.7 Å². The molecular formula is C16H24N2O3S. The summed E-state index contributed by atoms with van der Waals surface area (Å²) in [6.45, 7) is 2.70. The Morgan fingerprint density at radius 1 is 1.27 bits per heavy atom. The maximum atomic E-state index is 12.5. The summed E-state index contributed by atoms with van der Waals surface area (Å²) in [5.74, 6) is -0.103. The normalized spacial score (nSPS) is 19.4. The van der Waals surface area contributed by atoms with Crippen LogP contribution in [-0.2, 0) is 14.8 Å². The van der Waals surface area contributed by atoms with Gasteiger partial charge in [-0.15, -0.1) is 0 Å². The first-order chi connectivity index (χ1) is 10.5. The number of piperidine rings is 1. The van der Waals surface area contributed by atoms with Gasteiger partial charge in [0, 0.05) is 19.6 Å². The van der Waals surface area contributed by atoms with Crippen molar-refractivity contribution in [2.45, 2.75) is 43.5 Å². The maximum absolute atomic E-state index is 12.5. The van der Waals surface area contributed by atoms with Crippen LogP contribution in [-0.4, -0.2) is 49.7 Å². The fraction of sp³-hybridized carbons (Fsp3) is 0.562. The van der Waals surface area contributed by atoms with Crippen LogP contribution in [0.4, 0.5) is 0 Å². The Labute approximate surface area is 133 Å². The minimum Gasteiger partial charge on any atom is -0.339 e. The number of hydrogen-bond acceptors (Lipinski definition) is 3. The van der Waals surface area contributed by atoms with E-state index in [1.807, 2.05) is 4.90 Å². The van der Waals surface area contributed by atoms with Gasteiger partial charge in [-0.3, -0.25) is 4.79 Å². The van der Waals surface area contributed by atoms with Crippen molar-refractivity contribution in [2.24, 2.45) is 0 Å². The SMILES string of the molecule is CCC1CCCCN1C(=O)CN(C)S(=O)(=O)c1ccccc1. The molecule has 1 aromatic carbocycles. The standard InChI is InChI=1S/C16H24N2O3S/c1-3-14-9-7-8-12-18(14)16(19)13-17(2)22(20,21)15-10-5-4-6-11-15/h4-6,10-11,14H,3,7-9,12-13H2,1-2H3. The van der Waals surface area contributed by atoms with E-state index in [9.17, 15) is 13.2 Å². The van der Waals surface area contributed by atoms with Crippen molar-refractivity contribution in [3.8, 4) is 0 Å². The molecule has 122 valence electrons. The minimum absolute atomic E-state index is 0.103. The zero-order valence-electron chi connectivity index (χ0n) is 13.2. The fourth-order valence-corrected chi connectivity index (χ4v) is 4.03. The van der Waals surface area contributed by atoms with Gasteiger partial charge >= 0.3 is 0 Å². The quantitative estimate of drug-likeness (QED) is 0.833. The third-order valence-corrected chi connectivity index (χ3v) is 6.05. The highest BCUT2D eigenvalue weighted by Crippen LogP contribution is 2.20. The van der Waals surface area contributed by atoms with E-state index in [2.05, 4.69) is 6.92 Å². The lowest BCUT2D eigenvalue weighted by atomic mass is 10.00. The van der Waals surface area contributed by atoms with Gasteiger partial charge in [0.2, 0.25) is 15.9 Å². The summed E-state index contributed by atoms with van der Waals surface area (Å²) in [6, 6.07) is 8.47. The first-order valence-electron chi connectivity index (χ1n) is 7.77. The summed E-state index contributed by atoms with van der Waals surface area (Å²) in [4.78, 5) is 14.5. The molecule has 1 unspecified atom stereocenters. The molecule has 1 atom stereocenters. The summed E-state index contributed by atoms with van der Waals surface area (Å²) in [7, 11) is -2.15. The Balaban J connectivity index is 2.07. The van der Waals surface area contributed by atoms with E-state index >= 15 is 0 Å². The lowest BCUT2D eigenvalue weighted by molar-refractivity contribution is -0.134.